The molecule has 1 aliphatic carbocycles. The normalized spacial score (nSPS) is 28.7. The maximum atomic E-state index is 10.7. The lowest BCUT2D eigenvalue weighted by atomic mass is 10.0. The van der Waals surface area contributed by atoms with E-state index < -0.39 is 18.2 Å². The quantitative estimate of drug-likeness (QED) is 0.554. The van der Waals surface area contributed by atoms with Crippen LogP contribution in [0.1, 0.15) is 13.3 Å². The standard InChI is InChI=1S/C8H10O4/c1-5(9)12-6-2-3-7(10)8(11)4-6/h2-3,6,8,11H,4H2,1H3/t6-,8+/m1/s1. The second-order valence-corrected chi connectivity index (χ2v) is 2.66. The van der Waals surface area contributed by atoms with Gasteiger partial charge in [-0.3, -0.25) is 9.59 Å². The van der Waals surface area contributed by atoms with E-state index in [-0.39, 0.29) is 12.2 Å². The number of carbonyl (C=O) groups is 2. The zero-order valence-corrected chi connectivity index (χ0v) is 6.69. The smallest absolute Gasteiger partial charge is 0.303 e. The van der Waals surface area contributed by atoms with Crippen molar-refractivity contribution in [2.75, 3.05) is 0 Å². The van der Waals surface area contributed by atoms with Crippen LogP contribution in [0.2, 0.25) is 0 Å². The predicted molar refractivity (Wildman–Crippen MR) is 40.3 cm³/mol. The summed E-state index contributed by atoms with van der Waals surface area (Å²) in [5, 5.41) is 9.07. The minimum atomic E-state index is -1.03. The fourth-order valence-corrected chi connectivity index (χ4v) is 1.03. The SMILES string of the molecule is CC(=O)O[C@@H]1C=CC(=O)[C@@H](O)C1. The zero-order valence-electron chi connectivity index (χ0n) is 6.69. The molecule has 1 N–H and O–H groups in total. The van der Waals surface area contributed by atoms with Gasteiger partial charge in [0, 0.05) is 13.3 Å². The Morgan fingerprint density at radius 2 is 2.42 bits per heavy atom. The van der Waals surface area contributed by atoms with E-state index >= 15 is 0 Å². The summed E-state index contributed by atoms with van der Waals surface area (Å²) in [4.78, 5) is 21.2. The first-order chi connectivity index (χ1) is 5.59. The lowest BCUT2D eigenvalue weighted by Crippen LogP contribution is -2.30. The Kier molecular flexibility index (Phi) is 2.60. The van der Waals surface area contributed by atoms with Gasteiger partial charge in [0.15, 0.2) is 5.78 Å². The predicted octanol–water partition coefficient (Wildman–Crippen LogP) is -0.192. The van der Waals surface area contributed by atoms with Crippen LogP contribution in [0.5, 0.6) is 0 Å². The Balaban J connectivity index is 2.55. The number of aliphatic hydroxyl groups excluding tert-OH is 1. The molecule has 0 amide bonds. The Bertz CT molecular complexity index is 231. The molecule has 4 heteroatoms. The first-order valence-electron chi connectivity index (χ1n) is 3.67. The Morgan fingerprint density at radius 1 is 1.75 bits per heavy atom. The van der Waals surface area contributed by atoms with E-state index in [2.05, 4.69) is 0 Å². The summed E-state index contributed by atoms with van der Waals surface area (Å²) in [6, 6.07) is 0. The van der Waals surface area contributed by atoms with E-state index in [0.717, 1.165) is 0 Å². The number of carbonyl (C=O) groups excluding carboxylic acids is 2. The molecular formula is C8H10O4. The maximum absolute atomic E-state index is 10.7. The molecule has 0 spiro atoms. The van der Waals surface area contributed by atoms with E-state index in [1.54, 1.807) is 0 Å². The monoisotopic (exact) mass is 170 g/mol. The van der Waals surface area contributed by atoms with Crippen LogP contribution in [0.4, 0.5) is 0 Å². The van der Waals surface area contributed by atoms with Crippen LogP contribution < -0.4 is 0 Å². The molecule has 66 valence electrons. The van der Waals surface area contributed by atoms with Gasteiger partial charge in [0.25, 0.3) is 0 Å². The summed E-state index contributed by atoms with van der Waals surface area (Å²) >= 11 is 0. The molecule has 2 atom stereocenters. The summed E-state index contributed by atoms with van der Waals surface area (Å²) in [5.41, 5.74) is 0. The lowest BCUT2D eigenvalue weighted by Gasteiger charge is -2.19. The molecule has 0 aliphatic heterocycles. The van der Waals surface area contributed by atoms with Crippen LogP contribution >= 0.6 is 0 Å². The van der Waals surface area contributed by atoms with Crippen molar-refractivity contribution in [3.8, 4) is 0 Å². The topological polar surface area (TPSA) is 63.6 Å². The van der Waals surface area contributed by atoms with E-state index in [1.165, 1.54) is 19.1 Å². The summed E-state index contributed by atoms with van der Waals surface area (Å²) in [5.74, 6) is -0.746. The summed E-state index contributed by atoms with van der Waals surface area (Å²) in [6.07, 6.45) is 1.39. The van der Waals surface area contributed by atoms with Crippen LogP contribution in [-0.2, 0) is 14.3 Å². The second-order valence-electron chi connectivity index (χ2n) is 2.66. The molecule has 1 aliphatic rings. The second kappa shape index (κ2) is 3.49. The number of ether oxygens (including phenoxy) is 1. The highest BCUT2D eigenvalue weighted by Crippen LogP contribution is 2.11. The van der Waals surface area contributed by atoms with Gasteiger partial charge < -0.3 is 9.84 Å². The van der Waals surface area contributed by atoms with Crippen LogP contribution in [0.3, 0.4) is 0 Å². The maximum Gasteiger partial charge on any atom is 0.303 e. The summed E-state index contributed by atoms with van der Waals surface area (Å²) in [6.45, 7) is 1.29. The van der Waals surface area contributed by atoms with Gasteiger partial charge in [0.05, 0.1) is 0 Å². The van der Waals surface area contributed by atoms with Gasteiger partial charge >= 0.3 is 5.97 Å². The molecule has 12 heavy (non-hydrogen) atoms. The Labute approximate surface area is 69.8 Å². The van der Waals surface area contributed by atoms with Crippen molar-refractivity contribution in [1.29, 1.82) is 0 Å². The average molecular weight is 170 g/mol. The molecule has 0 fully saturated rings. The van der Waals surface area contributed by atoms with Crippen LogP contribution in [0.15, 0.2) is 12.2 Å². The molecule has 0 aromatic rings. The zero-order chi connectivity index (χ0) is 9.14. The van der Waals surface area contributed by atoms with E-state index in [9.17, 15) is 9.59 Å². The fourth-order valence-electron chi connectivity index (χ4n) is 1.03. The molecule has 0 heterocycles. The van der Waals surface area contributed by atoms with Gasteiger partial charge in [-0.05, 0) is 12.2 Å². The third-order valence-electron chi connectivity index (χ3n) is 1.58. The highest BCUT2D eigenvalue weighted by molar-refractivity contribution is 5.94. The summed E-state index contributed by atoms with van der Waals surface area (Å²) < 4.78 is 4.77. The first kappa shape index (κ1) is 8.93. The van der Waals surface area contributed by atoms with Crippen molar-refractivity contribution in [3.63, 3.8) is 0 Å². The van der Waals surface area contributed by atoms with Crippen molar-refractivity contribution in [2.45, 2.75) is 25.6 Å². The van der Waals surface area contributed by atoms with Gasteiger partial charge in [-0.1, -0.05) is 0 Å². The molecule has 1 rings (SSSR count). The van der Waals surface area contributed by atoms with Gasteiger partial charge in [-0.25, -0.2) is 0 Å². The summed E-state index contributed by atoms with van der Waals surface area (Å²) in [7, 11) is 0. The minimum absolute atomic E-state index is 0.162. The highest BCUT2D eigenvalue weighted by atomic mass is 16.5. The van der Waals surface area contributed by atoms with E-state index in [0.29, 0.717) is 0 Å². The van der Waals surface area contributed by atoms with Crippen LogP contribution in [0, 0.1) is 0 Å². The molecule has 0 aromatic carbocycles. The van der Waals surface area contributed by atoms with Crippen LogP contribution in [-0.4, -0.2) is 29.1 Å². The molecule has 0 aromatic heterocycles. The molecule has 0 bridgehead atoms. The average Bonchev–Trinajstić information content (AvgIpc) is 1.96. The first-order valence-corrected chi connectivity index (χ1v) is 3.67. The molecule has 4 nitrogen and oxygen atoms in total. The number of rotatable bonds is 1. The van der Waals surface area contributed by atoms with Crippen molar-refractivity contribution in [3.05, 3.63) is 12.2 Å². The van der Waals surface area contributed by atoms with Gasteiger partial charge in [0.2, 0.25) is 0 Å². The Hall–Kier alpha value is -1.16. The van der Waals surface area contributed by atoms with Gasteiger partial charge in [-0.15, -0.1) is 0 Å². The molecule has 0 radical (unpaired) electrons. The van der Waals surface area contributed by atoms with Gasteiger partial charge in [-0.2, -0.15) is 0 Å². The molecular weight excluding hydrogens is 160 g/mol. The third kappa shape index (κ3) is 2.17. The minimum Gasteiger partial charge on any atom is -0.458 e. The van der Waals surface area contributed by atoms with Gasteiger partial charge in [0.1, 0.15) is 12.2 Å². The lowest BCUT2D eigenvalue weighted by molar-refractivity contribution is -0.147. The number of aliphatic hydroxyl groups is 1. The molecule has 0 saturated heterocycles. The van der Waals surface area contributed by atoms with Crippen LogP contribution in [0.25, 0.3) is 0 Å². The van der Waals surface area contributed by atoms with Crippen molar-refractivity contribution in [1.82, 2.24) is 0 Å². The molecule has 0 unspecified atom stereocenters. The van der Waals surface area contributed by atoms with E-state index in [1.807, 2.05) is 0 Å². The number of ketones is 1. The molecule has 0 saturated carbocycles. The van der Waals surface area contributed by atoms with Crippen molar-refractivity contribution < 1.29 is 19.4 Å². The fraction of sp³-hybridized carbons (Fsp3) is 0.500. The number of esters is 1. The van der Waals surface area contributed by atoms with E-state index in [4.69, 9.17) is 9.84 Å². The van der Waals surface area contributed by atoms with Crippen molar-refractivity contribution >= 4 is 11.8 Å². The number of hydrogen-bond donors (Lipinski definition) is 1. The largest absolute Gasteiger partial charge is 0.458 e. The highest BCUT2D eigenvalue weighted by Gasteiger charge is 2.23. The third-order valence-corrected chi connectivity index (χ3v) is 1.58. The number of hydrogen-bond acceptors (Lipinski definition) is 4. The Morgan fingerprint density at radius 3 is 2.92 bits per heavy atom. The van der Waals surface area contributed by atoms with Crippen molar-refractivity contribution in [2.24, 2.45) is 0 Å².